The Morgan fingerprint density at radius 1 is 1.23 bits per heavy atom. The maximum Gasteiger partial charge on any atom is 0.343 e. The summed E-state index contributed by atoms with van der Waals surface area (Å²) >= 11 is 0. The first-order valence-electron chi connectivity index (χ1n) is 7.29. The molecule has 0 saturated heterocycles. The molecule has 1 aromatic heterocycles. The van der Waals surface area contributed by atoms with Crippen LogP contribution >= 0.6 is 0 Å². The Bertz CT molecular complexity index is 793. The Kier molecular flexibility index (Phi) is 3.75. The standard InChI is InChI=1S/C16H17NO5/c1-3-17-9-11(16(19)20-4-2)15(18)10-7-13-14(8-12(10)17)22-6-5-21-13/h7-9H,3-6H2,1-2H3. The molecule has 6 nitrogen and oxygen atoms in total. The van der Waals surface area contributed by atoms with Gasteiger partial charge in [0.1, 0.15) is 18.8 Å². The number of aryl methyl sites for hydroxylation is 1. The molecule has 6 heteroatoms. The first-order chi connectivity index (χ1) is 10.7. The lowest BCUT2D eigenvalue weighted by molar-refractivity contribution is 0.0524. The summed E-state index contributed by atoms with van der Waals surface area (Å²) < 4.78 is 17.9. The van der Waals surface area contributed by atoms with E-state index >= 15 is 0 Å². The molecule has 2 heterocycles. The van der Waals surface area contributed by atoms with Gasteiger partial charge in [0.15, 0.2) is 11.5 Å². The summed E-state index contributed by atoms with van der Waals surface area (Å²) in [7, 11) is 0. The lowest BCUT2D eigenvalue weighted by Crippen LogP contribution is -2.22. The van der Waals surface area contributed by atoms with Gasteiger partial charge in [0.05, 0.1) is 17.5 Å². The molecule has 0 amide bonds. The zero-order chi connectivity index (χ0) is 15.7. The first-order valence-corrected chi connectivity index (χ1v) is 7.29. The van der Waals surface area contributed by atoms with Crippen molar-refractivity contribution in [2.45, 2.75) is 20.4 Å². The van der Waals surface area contributed by atoms with E-state index in [4.69, 9.17) is 14.2 Å². The molecular formula is C16H17NO5. The van der Waals surface area contributed by atoms with Crippen LogP contribution in [0.2, 0.25) is 0 Å². The Labute approximate surface area is 127 Å². The molecule has 0 fully saturated rings. The first kappa shape index (κ1) is 14.4. The van der Waals surface area contributed by atoms with Crippen LogP contribution in [-0.4, -0.2) is 30.4 Å². The number of hydrogen-bond donors (Lipinski definition) is 0. The number of esters is 1. The molecule has 0 atom stereocenters. The number of carbonyl (C=O) groups excluding carboxylic acids is 1. The van der Waals surface area contributed by atoms with Crippen LogP contribution in [0, 0.1) is 0 Å². The summed E-state index contributed by atoms with van der Waals surface area (Å²) in [6.45, 7) is 5.41. The quantitative estimate of drug-likeness (QED) is 0.811. The highest BCUT2D eigenvalue weighted by Crippen LogP contribution is 2.33. The largest absolute Gasteiger partial charge is 0.486 e. The van der Waals surface area contributed by atoms with Gasteiger partial charge in [-0.3, -0.25) is 4.79 Å². The molecule has 1 aliphatic rings. The maximum atomic E-state index is 12.6. The third-order valence-corrected chi connectivity index (χ3v) is 3.58. The number of fused-ring (bicyclic) bond motifs is 2. The molecule has 22 heavy (non-hydrogen) atoms. The molecule has 116 valence electrons. The third kappa shape index (κ3) is 2.30. The maximum absolute atomic E-state index is 12.6. The Morgan fingerprint density at radius 2 is 1.91 bits per heavy atom. The minimum absolute atomic E-state index is 0.0351. The second-order valence-corrected chi connectivity index (χ2v) is 4.89. The number of benzene rings is 1. The average Bonchev–Trinajstić information content (AvgIpc) is 2.54. The van der Waals surface area contributed by atoms with Gasteiger partial charge in [0, 0.05) is 18.8 Å². The average molecular weight is 303 g/mol. The molecular weight excluding hydrogens is 286 g/mol. The van der Waals surface area contributed by atoms with E-state index in [9.17, 15) is 9.59 Å². The Morgan fingerprint density at radius 3 is 2.55 bits per heavy atom. The number of pyridine rings is 1. The van der Waals surface area contributed by atoms with Gasteiger partial charge >= 0.3 is 5.97 Å². The van der Waals surface area contributed by atoms with E-state index in [1.165, 1.54) is 0 Å². The second kappa shape index (κ2) is 5.71. The number of carbonyl (C=O) groups is 1. The van der Waals surface area contributed by atoms with Crippen molar-refractivity contribution in [3.05, 3.63) is 34.1 Å². The van der Waals surface area contributed by atoms with Crippen LogP contribution in [0.4, 0.5) is 0 Å². The number of nitrogens with zero attached hydrogens (tertiary/aromatic N) is 1. The molecule has 1 aromatic carbocycles. The molecule has 3 rings (SSSR count). The summed E-state index contributed by atoms with van der Waals surface area (Å²) in [5.74, 6) is 0.537. The molecule has 0 unspecified atom stereocenters. The van der Waals surface area contributed by atoms with Gasteiger partial charge in [-0.2, -0.15) is 0 Å². The van der Waals surface area contributed by atoms with Gasteiger partial charge in [-0.15, -0.1) is 0 Å². The fourth-order valence-electron chi connectivity index (χ4n) is 2.54. The van der Waals surface area contributed by atoms with Crippen LogP contribution in [0.3, 0.4) is 0 Å². The molecule has 2 aromatic rings. The van der Waals surface area contributed by atoms with E-state index in [1.54, 1.807) is 25.3 Å². The van der Waals surface area contributed by atoms with Crippen molar-refractivity contribution in [1.29, 1.82) is 0 Å². The van der Waals surface area contributed by atoms with Crippen molar-refractivity contribution in [2.24, 2.45) is 0 Å². The highest BCUT2D eigenvalue weighted by Gasteiger charge is 2.20. The highest BCUT2D eigenvalue weighted by atomic mass is 16.6. The van der Waals surface area contributed by atoms with Crippen LogP contribution in [0.5, 0.6) is 11.5 Å². The molecule has 0 bridgehead atoms. The van der Waals surface area contributed by atoms with Gasteiger partial charge in [-0.05, 0) is 19.9 Å². The van der Waals surface area contributed by atoms with Gasteiger partial charge in [-0.1, -0.05) is 0 Å². The highest BCUT2D eigenvalue weighted by molar-refractivity contribution is 5.94. The molecule has 1 aliphatic heterocycles. The minimum Gasteiger partial charge on any atom is -0.486 e. The Hall–Kier alpha value is -2.50. The normalized spacial score (nSPS) is 13.2. The summed E-state index contributed by atoms with van der Waals surface area (Å²) in [6, 6.07) is 3.42. The molecule has 0 N–H and O–H groups in total. The van der Waals surface area contributed by atoms with Gasteiger partial charge in [0.2, 0.25) is 5.43 Å². The monoisotopic (exact) mass is 303 g/mol. The number of hydrogen-bond acceptors (Lipinski definition) is 5. The SMILES string of the molecule is CCOC(=O)c1cn(CC)c2cc3c(cc2c1=O)OCCO3. The fraction of sp³-hybridized carbons (Fsp3) is 0.375. The smallest absolute Gasteiger partial charge is 0.343 e. The van der Waals surface area contributed by atoms with Crippen LogP contribution in [0.15, 0.2) is 23.1 Å². The predicted octanol–water partition coefficient (Wildman–Crippen LogP) is 1.97. The zero-order valence-electron chi connectivity index (χ0n) is 12.5. The zero-order valence-corrected chi connectivity index (χ0v) is 12.5. The Balaban J connectivity index is 2.27. The van der Waals surface area contributed by atoms with Crippen LogP contribution in [0.25, 0.3) is 10.9 Å². The van der Waals surface area contributed by atoms with Crippen molar-refractivity contribution >= 4 is 16.9 Å². The van der Waals surface area contributed by atoms with E-state index in [0.29, 0.717) is 42.2 Å². The van der Waals surface area contributed by atoms with Crippen molar-refractivity contribution in [3.8, 4) is 11.5 Å². The van der Waals surface area contributed by atoms with E-state index in [1.807, 2.05) is 11.5 Å². The summed E-state index contributed by atoms with van der Waals surface area (Å²) in [6.07, 6.45) is 1.54. The van der Waals surface area contributed by atoms with Crippen molar-refractivity contribution in [1.82, 2.24) is 4.57 Å². The minimum atomic E-state index is -0.605. The fourth-order valence-corrected chi connectivity index (χ4v) is 2.54. The summed E-state index contributed by atoms with van der Waals surface area (Å²) in [5, 5.41) is 0.427. The van der Waals surface area contributed by atoms with E-state index in [-0.39, 0.29) is 17.6 Å². The van der Waals surface area contributed by atoms with E-state index in [2.05, 4.69) is 0 Å². The van der Waals surface area contributed by atoms with Gasteiger partial charge < -0.3 is 18.8 Å². The number of aromatic nitrogens is 1. The molecule has 0 saturated carbocycles. The van der Waals surface area contributed by atoms with Gasteiger partial charge in [0.25, 0.3) is 0 Å². The van der Waals surface area contributed by atoms with Gasteiger partial charge in [-0.25, -0.2) is 4.79 Å². The van der Waals surface area contributed by atoms with Crippen molar-refractivity contribution in [2.75, 3.05) is 19.8 Å². The second-order valence-electron chi connectivity index (χ2n) is 4.89. The van der Waals surface area contributed by atoms with Crippen molar-refractivity contribution in [3.63, 3.8) is 0 Å². The molecule has 0 aliphatic carbocycles. The van der Waals surface area contributed by atoms with Crippen molar-refractivity contribution < 1.29 is 19.0 Å². The van der Waals surface area contributed by atoms with E-state index in [0.717, 1.165) is 0 Å². The molecule has 0 radical (unpaired) electrons. The van der Waals surface area contributed by atoms with Crippen LogP contribution in [-0.2, 0) is 11.3 Å². The lowest BCUT2D eigenvalue weighted by Gasteiger charge is -2.20. The molecule has 0 spiro atoms. The van der Waals surface area contributed by atoms with E-state index < -0.39 is 5.97 Å². The van der Waals surface area contributed by atoms with Crippen LogP contribution in [0.1, 0.15) is 24.2 Å². The predicted molar refractivity (Wildman–Crippen MR) is 80.8 cm³/mol. The number of rotatable bonds is 3. The summed E-state index contributed by atoms with van der Waals surface area (Å²) in [5.41, 5.74) is 0.396. The summed E-state index contributed by atoms with van der Waals surface area (Å²) in [4.78, 5) is 24.6. The lowest BCUT2D eigenvalue weighted by atomic mass is 10.1. The topological polar surface area (TPSA) is 66.8 Å². The number of ether oxygens (including phenoxy) is 3. The third-order valence-electron chi connectivity index (χ3n) is 3.58. The van der Waals surface area contributed by atoms with Crippen LogP contribution < -0.4 is 14.9 Å².